The Hall–Kier alpha value is -0.0700. The highest BCUT2D eigenvalue weighted by Gasteiger charge is 2.24. The molecule has 0 bridgehead atoms. The molecule has 0 saturated heterocycles. The molecule has 5 heteroatoms. The van der Waals surface area contributed by atoms with Gasteiger partial charge in [-0.25, -0.2) is 5.01 Å². The maximum Gasteiger partial charge on any atom is 0.273 e. The third-order valence-corrected chi connectivity index (χ3v) is 2.71. The Balaban J connectivity index is 2.12. The number of hydrogen-bond donors (Lipinski definition) is 0. The third kappa shape index (κ3) is 3.28. The molecule has 1 rings (SSSR count). The van der Waals surface area contributed by atoms with Crippen LogP contribution in [0.15, 0.2) is 5.10 Å². The molecule has 0 aliphatic carbocycles. The summed E-state index contributed by atoms with van der Waals surface area (Å²) in [6.45, 7) is 2.88. The van der Waals surface area contributed by atoms with Crippen molar-refractivity contribution in [3.05, 3.63) is 0 Å². The highest BCUT2D eigenvalue weighted by molar-refractivity contribution is 14.1. The Morgan fingerprint density at radius 3 is 2.77 bits per heavy atom. The van der Waals surface area contributed by atoms with E-state index in [0.29, 0.717) is 0 Å². The van der Waals surface area contributed by atoms with Crippen LogP contribution in [0.3, 0.4) is 0 Å². The van der Waals surface area contributed by atoms with Crippen LogP contribution in [-0.2, 0) is 0 Å². The number of rotatable bonds is 5. The molecule has 0 aromatic rings. The van der Waals surface area contributed by atoms with E-state index in [-0.39, 0.29) is 0 Å². The molecule has 0 fully saturated rings. The molecule has 0 amide bonds. The maximum atomic E-state index is 13.2. The molecule has 0 spiro atoms. The number of nitrogens with zero attached hydrogens (tertiary/aromatic N) is 3. The largest absolute Gasteiger partial charge is 0.273 e. The van der Waals surface area contributed by atoms with Crippen LogP contribution in [-0.4, -0.2) is 27.4 Å². The first-order chi connectivity index (χ1) is 6.25. The van der Waals surface area contributed by atoms with Gasteiger partial charge in [0, 0.05) is 6.54 Å². The van der Waals surface area contributed by atoms with Crippen molar-refractivity contribution in [1.29, 1.82) is 0 Å². The smallest absolute Gasteiger partial charge is 0.253 e. The standard InChI is InChI=1S/C8H15FIN3/c1-2-3-4-5-6-13-8(9)12(10)7-11-13/h7-8H,2-6H2,1H3. The molecule has 76 valence electrons. The molecule has 0 radical (unpaired) electrons. The lowest BCUT2D eigenvalue weighted by Crippen LogP contribution is -2.30. The van der Waals surface area contributed by atoms with Crippen molar-refractivity contribution in [2.24, 2.45) is 5.10 Å². The number of hydrogen-bond acceptors (Lipinski definition) is 3. The van der Waals surface area contributed by atoms with E-state index in [1.165, 1.54) is 27.3 Å². The number of alkyl halides is 1. The van der Waals surface area contributed by atoms with E-state index in [1.807, 2.05) is 22.9 Å². The zero-order valence-electron chi connectivity index (χ0n) is 7.79. The zero-order valence-corrected chi connectivity index (χ0v) is 9.95. The lowest BCUT2D eigenvalue weighted by atomic mass is 10.2. The predicted molar refractivity (Wildman–Crippen MR) is 60.1 cm³/mol. The van der Waals surface area contributed by atoms with Gasteiger partial charge in [0.05, 0.1) is 22.9 Å². The van der Waals surface area contributed by atoms with Gasteiger partial charge >= 0.3 is 0 Å². The quantitative estimate of drug-likeness (QED) is 0.336. The Bertz CT molecular complexity index is 177. The molecule has 0 aromatic heterocycles. The molecule has 0 aromatic carbocycles. The fraction of sp³-hybridized carbons (Fsp3) is 0.875. The first kappa shape index (κ1) is 11.0. The van der Waals surface area contributed by atoms with Crippen molar-refractivity contribution in [1.82, 2.24) is 8.12 Å². The van der Waals surface area contributed by atoms with Crippen LogP contribution < -0.4 is 0 Å². The van der Waals surface area contributed by atoms with Crippen LogP contribution in [0.2, 0.25) is 0 Å². The maximum absolute atomic E-state index is 13.2. The van der Waals surface area contributed by atoms with E-state index in [1.54, 1.807) is 0 Å². The summed E-state index contributed by atoms with van der Waals surface area (Å²) in [6, 6.07) is 0. The molecular weight excluding hydrogens is 284 g/mol. The van der Waals surface area contributed by atoms with E-state index in [4.69, 9.17) is 0 Å². The molecule has 13 heavy (non-hydrogen) atoms. The molecular formula is C8H15FIN3. The minimum atomic E-state index is -1.07. The van der Waals surface area contributed by atoms with Gasteiger partial charge < -0.3 is 0 Å². The van der Waals surface area contributed by atoms with E-state index >= 15 is 0 Å². The Kier molecular flexibility index (Phi) is 4.76. The molecule has 1 unspecified atom stereocenters. The van der Waals surface area contributed by atoms with Gasteiger partial charge in [0.2, 0.25) is 0 Å². The predicted octanol–water partition coefficient (Wildman–Crippen LogP) is 2.73. The first-order valence-corrected chi connectivity index (χ1v) is 5.61. The second kappa shape index (κ2) is 5.62. The van der Waals surface area contributed by atoms with Crippen molar-refractivity contribution >= 4 is 29.2 Å². The van der Waals surface area contributed by atoms with Gasteiger partial charge in [-0.2, -0.15) is 9.49 Å². The SMILES string of the molecule is CCCCCCN1N=CN(I)C1F. The molecule has 1 aliphatic rings. The highest BCUT2D eigenvalue weighted by atomic mass is 127. The fourth-order valence-electron chi connectivity index (χ4n) is 1.22. The van der Waals surface area contributed by atoms with Crippen LogP contribution in [0.1, 0.15) is 32.6 Å². The summed E-state index contributed by atoms with van der Waals surface area (Å²) >= 11 is 1.91. The summed E-state index contributed by atoms with van der Waals surface area (Å²) in [6.07, 6.45) is 5.07. The lowest BCUT2D eigenvalue weighted by Gasteiger charge is -2.19. The van der Waals surface area contributed by atoms with Crippen molar-refractivity contribution in [3.63, 3.8) is 0 Å². The number of halogens is 2. The second-order valence-corrected chi connectivity index (χ2v) is 4.22. The minimum absolute atomic E-state index is 0.719. The monoisotopic (exact) mass is 299 g/mol. The van der Waals surface area contributed by atoms with Crippen molar-refractivity contribution in [3.8, 4) is 0 Å². The van der Waals surface area contributed by atoms with Gasteiger partial charge in [-0.15, -0.1) is 0 Å². The van der Waals surface area contributed by atoms with Gasteiger partial charge in [-0.05, 0) is 6.42 Å². The van der Waals surface area contributed by atoms with Gasteiger partial charge in [0.1, 0.15) is 6.34 Å². The summed E-state index contributed by atoms with van der Waals surface area (Å²) in [5.74, 6) is 0. The van der Waals surface area contributed by atoms with E-state index in [9.17, 15) is 4.39 Å². The number of unbranched alkanes of at least 4 members (excludes halogenated alkanes) is 3. The van der Waals surface area contributed by atoms with Crippen molar-refractivity contribution in [2.45, 2.75) is 39.0 Å². The van der Waals surface area contributed by atoms with Crippen molar-refractivity contribution < 1.29 is 4.39 Å². The Morgan fingerprint density at radius 2 is 2.23 bits per heavy atom. The van der Waals surface area contributed by atoms with Crippen LogP contribution in [0.4, 0.5) is 4.39 Å². The van der Waals surface area contributed by atoms with Gasteiger partial charge in [0.25, 0.3) is 6.42 Å². The summed E-state index contributed by atoms with van der Waals surface area (Å²) in [5, 5.41) is 5.44. The van der Waals surface area contributed by atoms with E-state index in [0.717, 1.165) is 19.4 Å². The van der Waals surface area contributed by atoms with E-state index in [2.05, 4.69) is 12.0 Å². The van der Waals surface area contributed by atoms with Crippen LogP contribution in [0.25, 0.3) is 0 Å². The summed E-state index contributed by atoms with van der Waals surface area (Å²) < 4.78 is 14.7. The zero-order chi connectivity index (χ0) is 9.68. The lowest BCUT2D eigenvalue weighted by molar-refractivity contribution is 0.0611. The molecule has 1 aliphatic heterocycles. The first-order valence-electron chi connectivity index (χ1n) is 4.64. The van der Waals surface area contributed by atoms with E-state index < -0.39 is 6.42 Å². The molecule has 1 heterocycles. The summed E-state index contributed by atoms with van der Waals surface area (Å²) in [4.78, 5) is 0. The summed E-state index contributed by atoms with van der Waals surface area (Å²) in [5.41, 5.74) is 0. The average molecular weight is 299 g/mol. The average Bonchev–Trinajstić information content (AvgIpc) is 2.43. The molecule has 0 N–H and O–H groups in total. The molecule has 1 atom stereocenters. The normalized spacial score (nSPS) is 21.6. The molecule has 0 saturated carbocycles. The Morgan fingerprint density at radius 1 is 1.46 bits per heavy atom. The third-order valence-electron chi connectivity index (χ3n) is 2.00. The van der Waals surface area contributed by atoms with Gasteiger partial charge in [0.15, 0.2) is 0 Å². The Labute approximate surface area is 92.5 Å². The minimum Gasteiger partial charge on any atom is -0.253 e. The van der Waals surface area contributed by atoms with Crippen LogP contribution >= 0.6 is 22.9 Å². The van der Waals surface area contributed by atoms with Crippen LogP contribution in [0.5, 0.6) is 0 Å². The van der Waals surface area contributed by atoms with Gasteiger partial charge in [-0.1, -0.05) is 26.2 Å². The summed E-state index contributed by atoms with van der Waals surface area (Å²) in [7, 11) is 0. The van der Waals surface area contributed by atoms with Gasteiger partial charge in [-0.3, -0.25) is 3.11 Å². The van der Waals surface area contributed by atoms with Crippen LogP contribution in [0, 0.1) is 0 Å². The number of hydrazone groups is 1. The fourth-order valence-corrected chi connectivity index (χ4v) is 1.62. The highest BCUT2D eigenvalue weighted by Crippen LogP contribution is 2.18. The topological polar surface area (TPSA) is 18.8 Å². The molecule has 3 nitrogen and oxygen atoms in total. The second-order valence-electron chi connectivity index (χ2n) is 3.11. The van der Waals surface area contributed by atoms with Crippen molar-refractivity contribution in [2.75, 3.05) is 6.54 Å².